The molecule has 1 atom stereocenters. The Labute approximate surface area is 128 Å². The van der Waals surface area contributed by atoms with Gasteiger partial charge in [0.1, 0.15) is 0 Å². The smallest absolute Gasteiger partial charge is 0.231 e. The van der Waals surface area contributed by atoms with Gasteiger partial charge in [-0.05, 0) is 36.3 Å². The topological polar surface area (TPSA) is 66.0 Å². The summed E-state index contributed by atoms with van der Waals surface area (Å²) in [6.45, 7) is 0. The third-order valence-corrected chi connectivity index (χ3v) is 4.60. The van der Waals surface area contributed by atoms with E-state index in [1.54, 1.807) is 0 Å². The van der Waals surface area contributed by atoms with Crippen molar-refractivity contribution in [3.8, 4) is 0 Å². The molecule has 2 aromatic heterocycles. The number of nitrogens with zero attached hydrogens (tertiary/aromatic N) is 4. The predicted molar refractivity (Wildman–Crippen MR) is 87.3 cm³/mol. The number of aromatic nitrogens is 3. The zero-order chi connectivity index (χ0) is 14.8. The lowest BCUT2D eigenvalue weighted by Gasteiger charge is -2.24. The SMILES string of the molecule is CNc1nc(NC2CCCc3sccc32)nc(N(C)C)n1. The number of rotatable bonds is 4. The highest BCUT2D eigenvalue weighted by molar-refractivity contribution is 7.10. The third kappa shape index (κ3) is 2.92. The second-order valence-electron chi connectivity index (χ2n) is 5.32. The number of anilines is 3. The molecule has 0 radical (unpaired) electrons. The Kier molecular flexibility index (Phi) is 3.92. The van der Waals surface area contributed by atoms with Gasteiger partial charge in [-0.15, -0.1) is 11.3 Å². The Hall–Kier alpha value is -1.89. The zero-order valence-corrected chi connectivity index (χ0v) is 13.4. The summed E-state index contributed by atoms with van der Waals surface area (Å²) in [5.74, 6) is 1.86. The highest BCUT2D eigenvalue weighted by Gasteiger charge is 2.22. The number of thiophene rings is 1. The van der Waals surface area contributed by atoms with E-state index in [-0.39, 0.29) is 0 Å². The fourth-order valence-electron chi connectivity index (χ4n) is 2.53. The molecule has 0 spiro atoms. The van der Waals surface area contributed by atoms with Crippen LogP contribution in [0.15, 0.2) is 11.4 Å². The fourth-order valence-corrected chi connectivity index (χ4v) is 3.52. The molecule has 1 aliphatic carbocycles. The minimum absolute atomic E-state index is 0.294. The molecule has 0 saturated heterocycles. The van der Waals surface area contributed by atoms with Gasteiger partial charge in [0.2, 0.25) is 17.8 Å². The van der Waals surface area contributed by atoms with Crippen LogP contribution < -0.4 is 15.5 Å². The maximum Gasteiger partial charge on any atom is 0.231 e. The first-order valence-electron chi connectivity index (χ1n) is 7.11. The number of hydrogen-bond donors (Lipinski definition) is 2. The first-order valence-corrected chi connectivity index (χ1v) is 7.99. The van der Waals surface area contributed by atoms with E-state index in [4.69, 9.17) is 0 Å². The van der Waals surface area contributed by atoms with Crippen LogP contribution >= 0.6 is 11.3 Å². The van der Waals surface area contributed by atoms with Crippen molar-refractivity contribution in [2.45, 2.75) is 25.3 Å². The van der Waals surface area contributed by atoms with Crippen LogP contribution in [0, 0.1) is 0 Å². The van der Waals surface area contributed by atoms with Gasteiger partial charge in [-0.3, -0.25) is 0 Å². The number of nitrogens with one attached hydrogen (secondary N) is 2. The maximum atomic E-state index is 4.49. The van der Waals surface area contributed by atoms with Crippen molar-refractivity contribution in [2.75, 3.05) is 36.7 Å². The molecule has 112 valence electrons. The Morgan fingerprint density at radius 3 is 2.81 bits per heavy atom. The summed E-state index contributed by atoms with van der Waals surface area (Å²) in [5.41, 5.74) is 1.39. The summed E-state index contributed by atoms with van der Waals surface area (Å²) in [7, 11) is 5.67. The van der Waals surface area contributed by atoms with Crippen LogP contribution in [0.1, 0.15) is 29.3 Å². The molecule has 3 rings (SSSR count). The summed E-state index contributed by atoms with van der Waals surface area (Å²) in [4.78, 5) is 16.6. The molecule has 0 saturated carbocycles. The van der Waals surface area contributed by atoms with E-state index < -0.39 is 0 Å². The highest BCUT2D eigenvalue weighted by atomic mass is 32.1. The van der Waals surface area contributed by atoms with Gasteiger partial charge in [0.25, 0.3) is 0 Å². The lowest BCUT2D eigenvalue weighted by molar-refractivity contribution is 0.604. The second-order valence-corrected chi connectivity index (χ2v) is 6.32. The number of aryl methyl sites for hydroxylation is 1. The molecule has 0 aliphatic heterocycles. The van der Waals surface area contributed by atoms with Crippen molar-refractivity contribution in [1.29, 1.82) is 0 Å². The van der Waals surface area contributed by atoms with Crippen molar-refractivity contribution in [3.05, 3.63) is 21.9 Å². The van der Waals surface area contributed by atoms with Gasteiger partial charge in [-0.2, -0.15) is 15.0 Å². The van der Waals surface area contributed by atoms with Crippen molar-refractivity contribution in [3.63, 3.8) is 0 Å². The molecule has 0 amide bonds. The van der Waals surface area contributed by atoms with E-state index in [1.165, 1.54) is 23.3 Å². The molecule has 7 heteroatoms. The van der Waals surface area contributed by atoms with Crippen molar-refractivity contribution in [2.24, 2.45) is 0 Å². The average molecular weight is 304 g/mol. The molecule has 2 aromatic rings. The van der Waals surface area contributed by atoms with Crippen molar-refractivity contribution in [1.82, 2.24) is 15.0 Å². The Morgan fingerprint density at radius 2 is 2.05 bits per heavy atom. The van der Waals surface area contributed by atoms with Gasteiger partial charge >= 0.3 is 0 Å². The lowest BCUT2D eigenvalue weighted by Crippen LogP contribution is -2.20. The summed E-state index contributed by atoms with van der Waals surface area (Å²) in [5, 5.41) is 8.63. The van der Waals surface area contributed by atoms with Crippen LogP contribution in [0.4, 0.5) is 17.8 Å². The largest absolute Gasteiger partial charge is 0.357 e. The first kappa shape index (κ1) is 14.1. The van der Waals surface area contributed by atoms with Crippen LogP contribution in [0.25, 0.3) is 0 Å². The van der Waals surface area contributed by atoms with Crippen LogP contribution in [0.3, 0.4) is 0 Å². The summed E-state index contributed by atoms with van der Waals surface area (Å²) in [6, 6.07) is 2.51. The molecule has 2 heterocycles. The summed E-state index contributed by atoms with van der Waals surface area (Å²) >= 11 is 1.84. The van der Waals surface area contributed by atoms with Gasteiger partial charge in [-0.25, -0.2) is 0 Å². The quantitative estimate of drug-likeness (QED) is 0.905. The monoisotopic (exact) mass is 304 g/mol. The second kappa shape index (κ2) is 5.85. The first-order chi connectivity index (χ1) is 10.2. The molecular formula is C14H20N6S. The van der Waals surface area contributed by atoms with E-state index in [0.29, 0.717) is 23.9 Å². The average Bonchev–Trinajstić information content (AvgIpc) is 2.96. The molecule has 2 N–H and O–H groups in total. The Morgan fingerprint density at radius 1 is 1.24 bits per heavy atom. The molecular weight excluding hydrogens is 284 g/mol. The van der Waals surface area contributed by atoms with E-state index in [2.05, 4.69) is 37.0 Å². The van der Waals surface area contributed by atoms with Crippen LogP contribution in [0.5, 0.6) is 0 Å². The fraction of sp³-hybridized carbons (Fsp3) is 0.500. The molecule has 1 aliphatic rings. The van der Waals surface area contributed by atoms with Crippen molar-refractivity contribution < 1.29 is 0 Å². The Bertz CT molecular complexity index is 624. The van der Waals surface area contributed by atoms with Crippen LogP contribution in [-0.2, 0) is 6.42 Å². The zero-order valence-electron chi connectivity index (χ0n) is 12.6. The minimum atomic E-state index is 0.294. The van der Waals surface area contributed by atoms with E-state index in [1.807, 2.05) is 37.4 Å². The standard InChI is InChI=1S/C14H20N6S/c1-15-12-17-13(19-14(18-12)20(2)3)16-10-5-4-6-11-9(10)7-8-21-11/h7-8,10H,4-6H2,1-3H3,(H2,15,16,17,18,19). The number of hydrogen-bond acceptors (Lipinski definition) is 7. The van der Waals surface area contributed by atoms with Crippen molar-refractivity contribution >= 4 is 29.2 Å². The van der Waals surface area contributed by atoms with E-state index >= 15 is 0 Å². The molecule has 0 bridgehead atoms. The number of fused-ring (bicyclic) bond motifs is 1. The maximum absolute atomic E-state index is 4.49. The normalized spacial score (nSPS) is 17.2. The predicted octanol–water partition coefficient (Wildman–Crippen LogP) is 2.53. The van der Waals surface area contributed by atoms with Gasteiger partial charge in [0.05, 0.1) is 6.04 Å². The lowest BCUT2D eigenvalue weighted by atomic mass is 9.94. The summed E-state index contributed by atoms with van der Waals surface area (Å²) < 4.78 is 0. The highest BCUT2D eigenvalue weighted by Crippen LogP contribution is 2.35. The molecule has 21 heavy (non-hydrogen) atoms. The summed E-state index contributed by atoms with van der Waals surface area (Å²) in [6.07, 6.45) is 3.50. The van der Waals surface area contributed by atoms with E-state index in [0.717, 1.165) is 6.42 Å². The molecule has 0 fully saturated rings. The van der Waals surface area contributed by atoms with Gasteiger partial charge in [-0.1, -0.05) is 0 Å². The van der Waals surface area contributed by atoms with Crippen LogP contribution in [0.2, 0.25) is 0 Å². The molecule has 0 aromatic carbocycles. The third-order valence-electron chi connectivity index (χ3n) is 3.60. The van der Waals surface area contributed by atoms with Gasteiger partial charge in [0.15, 0.2) is 0 Å². The molecule has 1 unspecified atom stereocenters. The molecule has 6 nitrogen and oxygen atoms in total. The van der Waals surface area contributed by atoms with Gasteiger partial charge < -0.3 is 15.5 Å². The minimum Gasteiger partial charge on any atom is -0.357 e. The Balaban J connectivity index is 1.87. The van der Waals surface area contributed by atoms with E-state index in [9.17, 15) is 0 Å². The van der Waals surface area contributed by atoms with Gasteiger partial charge in [0, 0.05) is 26.0 Å². The van der Waals surface area contributed by atoms with Crippen LogP contribution in [-0.4, -0.2) is 36.1 Å².